The molecule has 2 aliphatic heterocycles. The van der Waals surface area contributed by atoms with Gasteiger partial charge < -0.3 is 15.0 Å². The van der Waals surface area contributed by atoms with Gasteiger partial charge in [-0.2, -0.15) is 0 Å². The van der Waals surface area contributed by atoms with E-state index in [0.717, 1.165) is 17.7 Å². The minimum absolute atomic E-state index is 0.0206. The van der Waals surface area contributed by atoms with E-state index < -0.39 is 41.5 Å². The SMILES string of the molecule is [C-]#[N+][C@@H]1C[C@@]2(CN1C(=O)[C@H](CC(C)C)N(C)C(=O)c1cccc(OC(F)(F)F)c1)C(=O)Nc1ccccc12. The zero-order chi connectivity index (χ0) is 27.8. The van der Waals surface area contributed by atoms with E-state index in [2.05, 4.69) is 14.9 Å². The second kappa shape index (κ2) is 10.0. The molecular formula is C27H27F3N4O4. The van der Waals surface area contributed by atoms with Crippen LogP contribution in [0.2, 0.25) is 0 Å². The molecule has 0 aliphatic carbocycles. The van der Waals surface area contributed by atoms with Crippen molar-refractivity contribution in [3.8, 4) is 5.75 Å². The quantitative estimate of drug-likeness (QED) is 0.562. The number of likely N-dealkylation sites (tertiary alicyclic amines) is 1. The first-order chi connectivity index (χ1) is 17.9. The summed E-state index contributed by atoms with van der Waals surface area (Å²) in [5.74, 6) is -2.03. The van der Waals surface area contributed by atoms with Crippen LogP contribution in [0.3, 0.4) is 0 Å². The summed E-state index contributed by atoms with van der Waals surface area (Å²) in [6.45, 7) is 11.5. The standard InChI is InChI=1S/C27H27F3N4O4/c1-16(2)12-21(33(4)23(35)17-8-7-9-18(13-17)38-27(28,29)30)24(36)34-15-26(14-22(34)31-3)19-10-5-6-11-20(19)32-25(26)37/h5-11,13,16,21-22H,12,14-15H2,1-2,4H3,(H,32,37)/t21-,22-,26-/m0/s1. The number of halogens is 3. The maximum Gasteiger partial charge on any atom is 0.573 e. The molecule has 8 nitrogen and oxygen atoms in total. The Morgan fingerprint density at radius 3 is 2.61 bits per heavy atom. The van der Waals surface area contributed by atoms with Crippen LogP contribution >= 0.6 is 0 Å². The number of carbonyl (C=O) groups is 3. The van der Waals surface area contributed by atoms with Gasteiger partial charge in [0.05, 0.1) is 6.42 Å². The molecule has 200 valence electrons. The first kappa shape index (κ1) is 27.0. The Morgan fingerprint density at radius 1 is 1.24 bits per heavy atom. The van der Waals surface area contributed by atoms with E-state index >= 15 is 0 Å². The predicted molar refractivity (Wildman–Crippen MR) is 132 cm³/mol. The number of anilines is 1. The second-order valence-corrected chi connectivity index (χ2v) is 10.00. The van der Waals surface area contributed by atoms with Gasteiger partial charge in [-0.25, -0.2) is 6.57 Å². The fourth-order valence-corrected chi connectivity index (χ4v) is 5.19. The van der Waals surface area contributed by atoms with Crippen LogP contribution in [-0.2, 0) is 15.0 Å². The average molecular weight is 529 g/mol. The molecule has 1 N–H and O–H groups in total. The van der Waals surface area contributed by atoms with Gasteiger partial charge in [0.25, 0.3) is 11.8 Å². The molecule has 4 rings (SSSR count). The number of benzene rings is 2. The lowest BCUT2D eigenvalue weighted by molar-refractivity contribution is -0.274. The second-order valence-electron chi connectivity index (χ2n) is 10.00. The number of hydrogen-bond donors (Lipinski definition) is 1. The van der Waals surface area contributed by atoms with Gasteiger partial charge in [0, 0.05) is 24.8 Å². The van der Waals surface area contributed by atoms with Gasteiger partial charge in [-0.15, -0.1) is 13.2 Å². The van der Waals surface area contributed by atoms with Gasteiger partial charge in [0.15, 0.2) is 0 Å². The zero-order valence-electron chi connectivity index (χ0n) is 21.1. The fourth-order valence-electron chi connectivity index (χ4n) is 5.19. The number of hydrogen-bond acceptors (Lipinski definition) is 4. The molecule has 3 atom stereocenters. The van der Waals surface area contributed by atoms with Crippen LogP contribution in [0.1, 0.15) is 42.6 Å². The Kier molecular flexibility index (Phi) is 7.10. The molecule has 11 heteroatoms. The van der Waals surface area contributed by atoms with Crippen LogP contribution in [0.15, 0.2) is 48.5 Å². The van der Waals surface area contributed by atoms with E-state index in [9.17, 15) is 27.6 Å². The average Bonchev–Trinajstić information content (AvgIpc) is 3.38. The maximum atomic E-state index is 13.9. The number of rotatable bonds is 6. The summed E-state index contributed by atoms with van der Waals surface area (Å²) in [6, 6.07) is 10.8. The third-order valence-corrected chi connectivity index (χ3v) is 6.97. The van der Waals surface area contributed by atoms with Crippen LogP contribution in [0.4, 0.5) is 18.9 Å². The van der Waals surface area contributed by atoms with Crippen molar-refractivity contribution >= 4 is 23.4 Å². The number of ether oxygens (including phenoxy) is 1. The van der Waals surface area contributed by atoms with Crippen LogP contribution in [0.25, 0.3) is 4.85 Å². The third-order valence-electron chi connectivity index (χ3n) is 6.97. The smallest absolute Gasteiger partial charge is 0.406 e. The number of likely N-dealkylation sites (N-methyl/N-ethyl adjacent to an activating group) is 1. The van der Waals surface area contributed by atoms with E-state index in [4.69, 9.17) is 6.57 Å². The van der Waals surface area contributed by atoms with E-state index in [-0.39, 0.29) is 36.8 Å². The van der Waals surface area contributed by atoms with Gasteiger partial charge in [-0.05, 0) is 42.2 Å². The Hall–Kier alpha value is -4.07. The minimum Gasteiger partial charge on any atom is -0.406 e. The van der Waals surface area contributed by atoms with Gasteiger partial charge in [-0.1, -0.05) is 38.1 Å². The number of nitrogens with one attached hydrogen (secondary N) is 1. The van der Waals surface area contributed by atoms with Crippen molar-refractivity contribution in [1.82, 2.24) is 9.80 Å². The van der Waals surface area contributed by atoms with Crippen LogP contribution in [0.5, 0.6) is 5.75 Å². The lowest BCUT2D eigenvalue weighted by Crippen LogP contribution is -2.51. The number of nitrogens with zero attached hydrogens (tertiary/aromatic N) is 3. The highest BCUT2D eigenvalue weighted by molar-refractivity contribution is 6.07. The lowest BCUT2D eigenvalue weighted by Gasteiger charge is -2.32. The topological polar surface area (TPSA) is 83.3 Å². The van der Waals surface area contributed by atoms with Crippen molar-refractivity contribution < 1.29 is 32.3 Å². The third kappa shape index (κ3) is 5.03. The van der Waals surface area contributed by atoms with Crippen molar-refractivity contribution in [2.45, 2.75) is 50.7 Å². The highest BCUT2D eigenvalue weighted by Gasteiger charge is 2.59. The van der Waals surface area contributed by atoms with Gasteiger partial charge in [0.1, 0.15) is 17.2 Å². The molecule has 2 aromatic carbocycles. The van der Waals surface area contributed by atoms with Gasteiger partial charge in [0.2, 0.25) is 5.91 Å². The van der Waals surface area contributed by atoms with Crippen LogP contribution < -0.4 is 10.1 Å². The Morgan fingerprint density at radius 2 is 1.95 bits per heavy atom. The summed E-state index contributed by atoms with van der Waals surface area (Å²) in [7, 11) is 1.40. The summed E-state index contributed by atoms with van der Waals surface area (Å²) in [5, 5.41) is 2.84. The molecule has 2 aromatic rings. The highest BCUT2D eigenvalue weighted by Crippen LogP contribution is 2.47. The van der Waals surface area contributed by atoms with Crippen molar-refractivity contribution in [3.05, 3.63) is 71.1 Å². The number of para-hydroxylation sites is 1. The van der Waals surface area contributed by atoms with E-state index in [1.54, 1.807) is 24.3 Å². The summed E-state index contributed by atoms with van der Waals surface area (Å²) in [5.41, 5.74) is 0.206. The number of carbonyl (C=O) groups excluding carboxylic acids is 3. The molecule has 1 fully saturated rings. The highest BCUT2D eigenvalue weighted by atomic mass is 19.4. The number of amides is 3. The lowest BCUT2D eigenvalue weighted by atomic mass is 9.80. The molecule has 0 unspecified atom stereocenters. The van der Waals surface area contributed by atoms with Crippen LogP contribution in [-0.4, -0.2) is 59.7 Å². The van der Waals surface area contributed by atoms with E-state index in [1.165, 1.54) is 29.0 Å². The van der Waals surface area contributed by atoms with Gasteiger partial charge >= 0.3 is 12.5 Å². The largest absolute Gasteiger partial charge is 0.573 e. The first-order valence-corrected chi connectivity index (χ1v) is 12.1. The van der Waals surface area contributed by atoms with Gasteiger partial charge in [-0.3, -0.25) is 24.1 Å². The summed E-state index contributed by atoms with van der Waals surface area (Å²) < 4.78 is 42.0. The van der Waals surface area contributed by atoms with Crippen molar-refractivity contribution in [2.75, 3.05) is 18.9 Å². The number of alkyl halides is 3. The first-order valence-electron chi connectivity index (χ1n) is 12.1. The fraction of sp³-hybridized carbons (Fsp3) is 0.407. The maximum absolute atomic E-state index is 13.9. The van der Waals surface area contributed by atoms with Crippen molar-refractivity contribution in [3.63, 3.8) is 0 Å². The Balaban J connectivity index is 1.63. The molecule has 0 radical (unpaired) electrons. The molecule has 1 spiro atoms. The Bertz CT molecular complexity index is 1310. The van der Waals surface area contributed by atoms with E-state index in [0.29, 0.717) is 5.69 Å². The number of fused-ring (bicyclic) bond motifs is 2. The molecule has 0 saturated carbocycles. The predicted octanol–water partition coefficient (Wildman–Crippen LogP) is 4.44. The minimum atomic E-state index is -4.92. The van der Waals surface area contributed by atoms with E-state index in [1.807, 2.05) is 13.8 Å². The zero-order valence-corrected chi connectivity index (χ0v) is 21.1. The molecule has 38 heavy (non-hydrogen) atoms. The molecule has 0 bridgehead atoms. The van der Waals surface area contributed by atoms with Crippen LogP contribution in [0, 0.1) is 12.5 Å². The van der Waals surface area contributed by atoms with Crippen molar-refractivity contribution in [2.24, 2.45) is 5.92 Å². The monoisotopic (exact) mass is 528 g/mol. The Labute approximate surface area is 218 Å². The summed E-state index contributed by atoms with van der Waals surface area (Å²) in [6.07, 6.45) is -5.47. The molecule has 2 heterocycles. The summed E-state index contributed by atoms with van der Waals surface area (Å²) >= 11 is 0. The molecule has 1 saturated heterocycles. The molecule has 2 aliphatic rings. The normalized spacial score (nSPS) is 21.2. The molecule has 3 amide bonds. The molecular weight excluding hydrogens is 501 g/mol. The van der Waals surface area contributed by atoms with Crippen molar-refractivity contribution in [1.29, 1.82) is 0 Å². The molecule has 0 aromatic heterocycles. The summed E-state index contributed by atoms with van der Waals surface area (Å²) in [4.78, 5) is 46.5.